The van der Waals surface area contributed by atoms with Crippen molar-refractivity contribution < 1.29 is 0 Å². The number of hydrogen-bond donors (Lipinski definition) is 0. The Bertz CT molecular complexity index is 211. The number of aryl methyl sites for hydroxylation is 1. The van der Waals surface area contributed by atoms with Crippen LogP contribution < -0.4 is 0 Å². The van der Waals surface area contributed by atoms with E-state index in [1.165, 1.54) is 30.0 Å². The van der Waals surface area contributed by atoms with E-state index >= 15 is 0 Å². The highest BCUT2D eigenvalue weighted by atomic mass is 32.2. The molecule has 0 atom stereocenters. The van der Waals surface area contributed by atoms with Crippen LogP contribution >= 0.6 is 11.8 Å². The van der Waals surface area contributed by atoms with Gasteiger partial charge >= 0.3 is 0 Å². The van der Waals surface area contributed by atoms with Crippen LogP contribution in [0.25, 0.3) is 0 Å². The van der Waals surface area contributed by atoms with Gasteiger partial charge in [-0.15, -0.1) is 0 Å². The lowest BCUT2D eigenvalue weighted by Gasteiger charge is -1.99. The summed E-state index contributed by atoms with van der Waals surface area (Å²) in [5, 5.41) is 0. The van der Waals surface area contributed by atoms with Crippen LogP contribution in [0.4, 0.5) is 0 Å². The van der Waals surface area contributed by atoms with E-state index in [-0.39, 0.29) is 0 Å². The number of aromatic nitrogens is 1. The van der Waals surface area contributed by atoms with E-state index in [0.29, 0.717) is 0 Å². The van der Waals surface area contributed by atoms with E-state index in [0.717, 1.165) is 6.42 Å². The quantitative estimate of drug-likeness (QED) is 0.647. The monoisotopic (exact) mass is 195 g/mol. The number of rotatable bonds is 6. The van der Waals surface area contributed by atoms with Gasteiger partial charge in [-0.25, -0.2) is 0 Å². The Morgan fingerprint density at radius 3 is 2.92 bits per heavy atom. The average Bonchev–Trinajstić information content (AvgIpc) is 2.19. The topological polar surface area (TPSA) is 12.9 Å². The largest absolute Gasteiger partial charge is 0.261 e. The summed E-state index contributed by atoms with van der Waals surface area (Å²) in [6.07, 6.45) is 5.58. The van der Waals surface area contributed by atoms with Crippen LogP contribution in [0.5, 0.6) is 0 Å². The normalized spacial score (nSPS) is 10.2. The van der Waals surface area contributed by atoms with Gasteiger partial charge in [-0.2, -0.15) is 11.8 Å². The van der Waals surface area contributed by atoms with Gasteiger partial charge in [0.15, 0.2) is 0 Å². The van der Waals surface area contributed by atoms with Gasteiger partial charge in [-0.3, -0.25) is 4.98 Å². The first-order valence-corrected chi connectivity index (χ1v) is 6.06. The SMILES string of the molecule is CCSCCCCc1ccccn1. The third kappa shape index (κ3) is 4.94. The molecular formula is C11H17NS. The summed E-state index contributed by atoms with van der Waals surface area (Å²) in [5.74, 6) is 2.53. The Kier molecular flexibility index (Phi) is 5.66. The molecule has 0 bridgehead atoms. The van der Waals surface area contributed by atoms with E-state index in [1.54, 1.807) is 0 Å². The third-order valence-electron chi connectivity index (χ3n) is 1.90. The molecule has 72 valence electrons. The van der Waals surface area contributed by atoms with Gasteiger partial charge in [0.1, 0.15) is 0 Å². The standard InChI is InChI=1S/C11H17NS/c1-2-13-10-6-4-8-11-7-3-5-9-12-11/h3,5,7,9H,2,4,6,8,10H2,1H3. The molecule has 1 heterocycles. The van der Waals surface area contributed by atoms with Crippen molar-refractivity contribution in [3.05, 3.63) is 30.1 Å². The summed E-state index contributed by atoms with van der Waals surface area (Å²) >= 11 is 2.02. The fourth-order valence-corrected chi connectivity index (χ4v) is 1.90. The van der Waals surface area contributed by atoms with Crippen LogP contribution in [-0.2, 0) is 6.42 Å². The molecule has 0 aliphatic rings. The van der Waals surface area contributed by atoms with Crippen LogP contribution in [0.1, 0.15) is 25.5 Å². The van der Waals surface area contributed by atoms with Crippen molar-refractivity contribution in [2.45, 2.75) is 26.2 Å². The van der Waals surface area contributed by atoms with Crippen LogP contribution in [0.15, 0.2) is 24.4 Å². The van der Waals surface area contributed by atoms with Gasteiger partial charge in [0, 0.05) is 11.9 Å². The first-order valence-electron chi connectivity index (χ1n) is 4.91. The van der Waals surface area contributed by atoms with Gasteiger partial charge in [-0.1, -0.05) is 13.0 Å². The van der Waals surface area contributed by atoms with Gasteiger partial charge in [-0.05, 0) is 42.9 Å². The van der Waals surface area contributed by atoms with Crippen LogP contribution in [0, 0.1) is 0 Å². The molecule has 0 amide bonds. The van der Waals surface area contributed by atoms with Gasteiger partial charge in [0.25, 0.3) is 0 Å². The van der Waals surface area contributed by atoms with Crippen LogP contribution in [0.3, 0.4) is 0 Å². The highest BCUT2D eigenvalue weighted by molar-refractivity contribution is 7.99. The zero-order valence-corrected chi connectivity index (χ0v) is 9.02. The number of nitrogens with zero attached hydrogens (tertiary/aromatic N) is 1. The number of thioether (sulfide) groups is 1. The maximum Gasteiger partial charge on any atom is 0.0403 e. The predicted molar refractivity (Wildman–Crippen MR) is 60.2 cm³/mol. The lowest BCUT2D eigenvalue weighted by molar-refractivity contribution is 0.783. The Hall–Kier alpha value is -0.500. The van der Waals surface area contributed by atoms with Crippen molar-refractivity contribution in [2.75, 3.05) is 11.5 Å². The Balaban J connectivity index is 2.07. The molecule has 0 radical (unpaired) electrons. The summed E-state index contributed by atoms with van der Waals surface area (Å²) in [5.41, 5.74) is 1.23. The molecule has 0 saturated carbocycles. The molecule has 1 nitrogen and oxygen atoms in total. The van der Waals surface area contributed by atoms with Crippen molar-refractivity contribution in [3.63, 3.8) is 0 Å². The third-order valence-corrected chi connectivity index (χ3v) is 2.89. The zero-order valence-electron chi connectivity index (χ0n) is 8.20. The molecule has 0 aromatic carbocycles. The van der Waals surface area contributed by atoms with E-state index in [1.807, 2.05) is 24.0 Å². The molecule has 1 rings (SSSR count). The molecule has 1 aromatic rings. The summed E-state index contributed by atoms with van der Waals surface area (Å²) in [6.45, 7) is 2.21. The van der Waals surface area contributed by atoms with E-state index < -0.39 is 0 Å². The second-order valence-corrected chi connectivity index (χ2v) is 4.37. The average molecular weight is 195 g/mol. The maximum absolute atomic E-state index is 4.29. The summed E-state index contributed by atoms with van der Waals surface area (Å²) in [7, 11) is 0. The highest BCUT2D eigenvalue weighted by Crippen LogP contribution is 2.06. The molecule has 0 aliphatic carbocycles. The smallest absolute Gasteiger partial charge is 0.0403 e. The van der Waals surface area contributed by atoms with Crippen molar-refractivity contribution in [3.8, 4) is 0 Å². The minimum absolute atomic E-state index is 1.13. The molecule has 1 aromatic heterocycles. The fourth-order valence-electron chi connectivity index (χ4n) is 1.20. The summed E-state index contributed by atoms with van der Waals surface area (Å²) in [6, 6.07) is 6.13. The van der Waals surface area contributed by atoms with Gasteiger partial charge in [0.05, 0.1) is 0 Å². The molecule has 0 fully saturated rings. The van der Waals surface area contributed by atoms with Crippen molar-refractivity contribution in [1.29, 1.82) is 0 Å². The summed E-state index contributed by atoms with van der Waals surface area (Å²) < 4.78 is 0. The van der Waals surface area contributed by atoms with Crippen molar-refractivity contribution in [1.82, 2.24) is 4.98 Å². The number of unbranched alkanes of at least 4 members (excludes halogenated alkanes) is 1. The molecule has 0 aliphatic heterocycles. The molecule has 0 spiro atoms. The van der Waals surface area contributed by atoms with Gasteiger partial charge in [0.2, 0.25) is 0 Å². The van der Waals surface area contributed by atoms with E-state index in [9.17, 15) is 0 Å². The molecule has 0 unspecified atom stereocenters. The van der Waals surface area contributed by atoms with Gasteiger partial charge < -0.3 is 0 Å². The second kappa shape index (κ2) is 6.96. The first kappa shape index (κ1) is 10.6. The highest BCUT2D eigenvalue weighted by Gasteiger charge is 1.92. The predicted octanol–water partition coefficient (Wildman–Crippen LogP) is 3.16. The maximum atomic E-state index is 4.29. The van der Waals surface area contributed by atoms with Crippen LogP contribution in [-0.4, -0.2) is 16.5 Å². The fraction of sp³-hybridized carbons (Fsp3) is 0.545. The van der Waals surface area contributed by atoms with Crippen molar-refractivity contribution in [2.24, 2.45) is 0 Å². The molecule has 0 saturated heterocycles. The van der Waals surface area contributed by atoms with Crippen molar-refractivity contribution >= 4 is 11.8 Å². The van der Waals surface area contributed by atoms with Crippen LogP contribution in [0.2, 0.25) is 0 Å². The molecular weight excluding hydrogens is 178 g/mol. The Morgan fingerprint density at radius 2 is 2.23 bits per heavy atom. The van der Waals surface area contributed by atoms with E-state index in [4.69, 9.17) is 0 Å². The lowest BCUT2D eigenvalue weighted by Crippen LogP contribution is -1.90. The minimum Gasteiger partial charge on any atom is -0.261 e. The first-order chi connectivity index (χ1) is 6.43. The van der Waals surface area contributed by atoms with E-state index in [2.05, 4.69) is 24.0 Å². The minimum atomic E-state index is 1.13. The zero-order chi connectivity index (χ0) is 9.36. The number of hydrogen-bond acceptors (Lipinski definition) is 2. The molecule has 2 heteroatoms. The molecule has 0 N–H and O–H groups in total. The number of pyridine rings is 1. The Morgan fingerprint density at radius 1 is 1.31 bits per heavy atom. The lowest BCUT2D eigenvalue weighted by atomic mass is 10.2. The Labute approximate surface area is 85.0 Å². The second-order valence-electron chi connectivity index (χ2n) is 2.98. The molecule has 13 heavy (non-hydrogen) atoms. The summed E-state index contributed by atoms with van der Waals surface area (Å²) in [4.78, 5) is 4.29.